The van der Waals surface area contributed by atoms with Crippen LogP contribution in [0.15, 0.2) is 12.1 Å². The van der Waals surface area contributed by atoms with E-state index in [2.05, 4.69) is 0 Å². The average molecular weight is 223 g/mol. The van der Waals surface area contributed by atoms with Crippen molar-refractivity contribution in [2.24, 2.45) is 11.5 Å². The summed E-state index contributed by atoms with van der Waals surface area (Å²) in [5.74, 6) is -1.69. The Kier molecular flexibility index (Phi) is 2.89. The lowest BCUT2D eigenvalue weighted by Gasteiger charge is -2.06. The number of hydrogen-bond acceptors (Lipinski definition) is 4. The standard InChI is InChI=1S/C9H9N3O4/c1-4-6(8(10)13)2-5(12(15)16)3-7(4)9(11)14/h2-3H,1H3,(H2,10,13)(H2,11,14). The Balaban J connectivity index is 3.57. The molecule has 1 rings (SSSR count). The summed E-state index contributed by atoms with van der Waals surface area (Å²) in [7, 11) is 0. The van der Waals surface area contributed by atoms with Gasteiger partial charge in [0.1, 0.15) is 0 Å². The molecule has 0 atom stereocenters. The normalized spacial score (nSPS) is 9.81. The zero-order valence-corrected chi connectivity index (χ0v) is 8.39. The molecule has 16 heavy (non-hydrogen) atoms. The lowest BCUT2D eigenvalue weighted by molar-refractivity contribution is -0.384. The lowest BCUT2D eigenvalue weighted by atomic mass is 10.0. The fraction of sp³-hybridized carbons (Fsp3) is 0.111. The number of nitro groups is 1. The first kappa shape index (κ1) is 11.6. The smallest absolute Gasteiger partial charge is 0.271 e. The van der Waals surface area contributed by atoms with Crippen LogP contribution in [0.1, 0.15) is 26.3 Å². The number of amides is 2. The van der Waals surface area contributed by atoms with E-state index in [0.717, 1.165) is 12.1 Å². The second kappa shape index (κ2) is 3.97. The van der Waals surface area contributed by atoms with E-state index in [4.69, 9.17) is 11.5 Å². The van der Waals surface area contributed by atoms with Crippen molar-refractivity contribution in [3.8, 4) is 0 Å². The molecule has 0 bridgehead atoms. The molecule has 1 aromatic rings. The third-order valence-electron chi connectivity index (χ3n) is 2.13. The van der Waals surface area contributed by atoms with Crippen molar-refractivity contribution in [3.63, 3.8) is 0 Å². The van der Waals surface area contributed by atoms with E-state index in [1.165, 1.54) is 6.92 Å². The van der Waals surface area contributed by atoms with E-state index in [-0.39, 0.29) is 16.7 Å². The Morgan fingerprint density at radius 3 is 1.81 bits per heavy atom. The first-order valence-electron chi connectivity index (χ1n) is 4.23. The molecule has 84 valence electrons. The summed E-state index contributed by atoms with van der Waals surface area (Å²) in [6, 6.07) is 2.04. The summed E-state index contributed by atoms with van der Waals surface area (Å²) in [5, 5.41) is 10.6. The van der Waals surface area contributed by atoms with Crippen molar-refractivity contribution in [2.45, 2.75) is 6.92 Å². The van der Waals surface area contributed by atoms with Gasteiger partial charge in [0, 0.05) is 23.3 Å². The van der Waals surface area contributed by atoms with Gasteiger partial charge in [-0.2, -0.15) is 0 Å². The van der Waals surface area contributed by atoms with Gasteiger partial charge in [-0.25, -0.2) is 0 Å². The van der Waals surface area contributed by atoms with E-state index < -0.39 is 22.4 Å². The van der Waals surface area contributed by atoms with Gasteiger partial charge in [-0.15, -0.1) is 0 Å². The molecule has 0 spiro atoms. The number of carbonyl (C=O) groups excluding carboxylic acids is 2. The molecule has 0 aliphatic heterocycles. The Morgan fingerprint density at radius 2 is 1.56 bits per heavy atom. The molecule has 0 saturated heterocycles. The number of hydrogen-bond donors (Lipinski definition) is 2. The molecule has 0 aromatic heterocycles. The van der Waals surface area contributed by atoms with Gasteiger partial charge in [0.25, 0.3) is 5.69 Å². The molecule has 0 saturated carbocycles. The van der Waals surface area contributed by atoms with Crippen molar-refractivity contribution < 1.29 is 14.5 Å². The van der Waals surface area contributed by atoms with E-state index >= 15 is 0 Å². The van der Waals surface area contributed by atoms with Crippen LogP contribution in [0.4, 0.5) is 5.69 Å². The van der Waals surface area contributed by atoms with Gasteiger partial charge in [-0.3, -0.25) is 19.7 Å². The monoisotopic (exact) mass is 223 g/mol. The number of nitro benzene ring substituents is 1. The first-order valence-corrected chi connectivity index (χ1v) is 4.23. The third kappa shape index (κ3) is 1.97. The molecule has 1 aromatic carbocycles. The van der Waals surface area contributed by atoms with Gasteiger partial charge in [-0.05, 0) is 12.5 Å². The SMILES string of the molecule is Cc1c(C(N)=O)cc([N+](=O)[O-])cc1C(N)=O. The minimum atomic E-state index is -0.844. The minimum Gasteiger partial charge on any atom is -0.366 e. The number of rotatable bonds is 3. The number of carbonyl (C=O) groups is 2. The highest BCUT2D eigenvalue weighted by molar-refractivity contribution is 6.01. The number of primary amides is 2. The van der Waals surface area contributed by atoms with Crippen molar-refractivity contribution >= 4 is 17.5 Å². The van der Waals surface area contributed by atoms with Gasteiger partial charge in [0.05, 0.1) is 4.92 Å². The highest BCUT2D eigenvalue weighted by Crippen LogP contribution is 2.21. The Bertz CT molecular complexity index is 461. The van der Waals surface area contributed by atoms with Crippen LogP contribution in [0.5, 0.6) is 0 Å². The van der Waals surface area contributed by atoms with Crippen LogP contribution < -0.4 is 11.5 Å². The summed E-state index contributed by atoms with van der Waals surface area (Å²) >= 11 is 0. The predicted octanol–water partition coefficient (Wildman–Crippen LogP) is 0.101. The highest BCUT2D eigenvalue weighted by Gasteiger charge is 2.19. The van der Waals surface area contributed by atoms with E-state index in [9.17, 15) is 19.7 Å². The Hall–Kier alpha value is -2.44. The number of nitrogens with zero attached hydrogens (tertiary/aromatic N) is 1. The Labute approximate surface area is 90.2 Å². The molecule has 7 nitrogen and oxygen atoms in total. The zero-order chi connectivity index (χ0) is 12.5. The average Bonchev–Trinajstić information content (AvgIpc) is 2.16. The first-order chi connectivity index (χ1) is 7.34. The quantitative estimate of drug-likeness (QED) is 0.555. The van der Waals surface area contributed by atoms with Crippen LogP contribution in [-0.4, -0.2) is 16.7 Å². The van der Waals surface area contributed by atoms with Crippen molar-refractivity contribution in [3.05, 3.63) is 38.9 Å². The van der Waals surface area contributed by atoms with Crippen LogP contribution in [0.25, 0.3) is 0 Å². The minimum absolute atomic E-state index is 0.0806. The maximum atomic E-state index is 11.0. The summed E-state index contributed by atoms with van der Waals surface area (Å²) < 4.78 is 0. The van der Waals surface area contributed by atoms with Crippen molar-refractivity contribution in [1.82, 2.24) is 0 Å². The molecule has 7 heteroatoms. The van der Waals surface area contributed by atoms with E-state index in [1.54, 1.807) is 0 Å². The van der Waals surface area contributed by atoms with Gasteiger partial charge < -0.3 is 11.5 Å². The van der Waals surface area contributed by atoms with Gasteiger partial charge in [0.15, 0.2) is 0 Å². The van der Waals surface area contributed by atoms with Crippen LogP contribution in [0.2, 0.25) is 0 Å². The highest BCUT2D eigenvalue weighted by atomic mass is 16.6. The van der Waals surface area contributed by atoms with Gasteiger partial charge >= 0.3 is 0 Å². The molecule has 0 heterocycles. The fourth-order valence-corrected chi connectivity index (χ4v) is 1.32. The number of nitrogens with two attached hydrogens (primary N) is 2. The van der Waals surface area contributed by atoms with E-state index in [1.807, 2.05) is 0 Å². The molecule has 0 aliphatic carbocycles. The summed E-state index contributed by atoms with van der Waals surface area (Å²) in [5.41, 5.74) is 9.76. The molecule has 0 aliphatic rings. The van der Waals surface area contributed by atoms with Crippen LogP contribution in [-0.2, 0) is 0 Å². The van der Waals surface area contributed by atoms with Crippen LogP contribution in [0.3, 0.4) is 0 Å². The van der Waals surface area contributed by atoms with Crippen LogP contribution in [0, 0.1) is 17.0 Å². The molecule has 0 unspecified atom stereocenters. The fourth-order valence-electron chi connectivity index (χ4n) is 1.32. The molecule has 0 radical (unpaired) electrons. The van der Waals surface area contributed by atoms with Crippen molar-refractivity contribution in [1.29, 1.82) is 0 Å². The second-order valence-corrected chi connectivity index (χ2v) is 3.15. The largest absolute Gasteiger partial charge is 0.366 e. The molecule has 0 fully saturated rings. The Morgan fingerprint density at radius 1 is 1.19 bits per heavy atom. The topological polar surface area (TPSA) is 129 Å². The summed E-state index contributed by atoms with van der Waals surface area (Å²) in [6.45, 7) is 1.45. The van der Waals surface area contributed by atoms with Gasteiger partial charge in [-0.1, -0.05) is 0 Å². The second-order valence-electron chi connectivity index (χ2n) is 3.15. The summed E-state index contributed by atoms with van der Waals surface area (Å²) in [6.07, 6.45) is 0. The lowest BCUT2D eigenvalue weighted by Crippen LogP contribution is -2.19. The van der Waals surface area contributed by atoms with Gasteiger partial charge in [0.2, 0.25) is 11.8 Å². The molecule has 4 N–H and O–H groups in total. The molecular formula is C9H9N3O4. The molecular weight excluding hydrogens is 214 g/mol. The van der Waals surface area contributed by atoms with E-state index in [0.29, 0.717) is 0 Å². The molecule has 2 amide bonds. The maximum Gasteiger partial charge on any atom is 0.271 e. The third-order valence-corrected chi connectivity index (χ3v) is 2.13. The predicted molar refractivity (Wildman–Crippen MR) is 54.9 cm³/mol. The van der Waals surface area contributed by atoms with Crippen LogP contribution >= 0.6 is 0 Å². The summed E-state index contributed by atoms with van der Waals surface area (Å²) in [4.78, 5) is 31.9. The number of benzene rings is 1. The maximum absolute atomic E-state index is 11.0. The zero-order valence-electron chi connectivity index (χ0n) is 8.39. The van der Waals surface area contributed by atoms with Crippen molar-refractivity contribution in [2.75, 3.05) is 0 Å². The number of non-ortho nitro benzene ring substituents is 1.